The van der Waals surface area contributed by atoms with Gasteiger partial charge in [-0.15, -0.1) is 0 Å². The first-order valence-corrected chi connectivity index (χ1v) is 20.6. The second kappa shape index (κ2) is 9.57. The molecule has 2 aliphatic rings. The van der Waals surface area contributed by atoms with Crippen molar-refractivity contribution in [1.82, 2.24) is 19.1 Å². The van der Waals surface area contributed by atoms with E-state index in [4.69, 9.17) is 23.5 Å². The van der Waals surface area contributed by atoms with E-state index < -0.39 is 50.8 Å². The summed E-state index contributed by atoms with van der Waals surface area (Å²) in [5, 5.41) is 0.583. The predicted octanol–water partition coefficient (Wildman–Crippen LogP) is 3.34. The predicted molar refractivity (Wildman–Crippen MR) is 157 cm³/mol. The lowest BCUT2D eigenvalue weighted by atomic mass is 9.89. The van der Waals surface area contributed by atoms with Crippen molar-refractivity contribution in [2.45, 2.75) is 102 Å². The minimum absolute atomic E-state index is 0.0177. The molecule has 2 aromatic heterocycles. The van der Waals surface area contributed by atoms with Gasteiger partial charge in [-0.2, -0.15) is 8.42 Å². The standard InChI is InChI=1S/C25H43N5O7SSi2/c1-23(2,3)39(8,9)34-12-17-25(16(26)13-38(32,33)37-25)19(36-40(10,11)24(4,5)6)22(35-17)30-15-27-18-20(30)28-14-29(7)21(18)31/h13-15,17,19,22H,12,26H2,1-11H3/t17?,19-,22+,25?/m0/s1. The van der Waals surface area contributed by atoms with Crippen LogP contribution in [0.2, 0.25) is 36.3 Å². The van der Waals surface area contributed by atoms with Crippen LogP contribution in [-0.2, 0) is 34.9 Å². The number of hydrogen-bond donors (Lipinski definition) is 1. The summed E-state index contributed by atoms with van der Waals surface area (Å²) in [5.41, 5.74) is 4.92. The highest BCUT2D eigenvalue weighted by Gasteiger charge is 2.67. The lowest BCUT2D eigenvalue weighted by Gasteiger charge is -2.43. The van der Waals surface area contributed by atoms with E-state index in [2.05, 4.69) is 77.7 Å². The molecule has 1 saturated heterocycles. The molecule has 1 fully saturated rings. The lowest BCUT2D eigenvalue weighted by Crippen LogP contribution is -2.59. The Morgan fingerprint density at radius 2 is 1.65 bits per heavy atom. The molecule has 2 aliphatic heterocycles. The first kappa shape index (κ1) is 31.1. The van der Waals surface area contributed by atoms with E-state index in [0.717, 1.165) is 5.41 Å². The van der Waals surface area contributed by atoms with Crippen LogP contribution >= 0.6 is 0 Å². The molecule has 0 bridgehead atoms. The molecule has 0 aromatic carbocycles. The molecule has 12 nitrogen and oxygen atoms in total. The summed E-state index contributed by atoms with van der Waals surface area (Å²) in [5.74, 6) is 0. The number of aryl methyl sites for hydroxylation is 1. The fourth-order valence-electron chi connectivity index (χ4n) is 4.39. The second-order valence-corrected chi connectivity index (χ2v) is 24.8. The number of nitrogens with two attached hydrogens (primary N) is 1. The van der Waals surface area contributed by atoms with Crippen molar-refractivity contribution in [2.24, 2.45) is 12.8 Å². The summed E-state index contributed by atoms with van der Waals surface area (Å²) >= 11 is 0. The Bertz CT molecular complexity index is 1500. The van der Waals surface area contributed by atoms with Crippen molar-refractivity contribution in [3.63, 3.8) is 0 Å². The van der Waals surface area contributed by atoms with Gasteiger partial charge in [0.2, 0.25) is 0 Å². The molecule has 2 aromatic rings. The zero-order chi connectivity index (χ0) is 30.3. The molecule has 0 radical (unpaired) electrons. The van der Waals surface area contributed by atoms with Crippen LogP contribution in [0.25, 0.3) is 11.2 Å². The number of hydrogen-bond acceptors (Lipinski definition) is 10. The second-order valence-electron chi connectivity index (χ2n) is 13.8. The molecule has 4 rings (SSSR count). The Morgan fingerprint density at radius 3 is 2.17 bits per heavy atom. The summed E-state index contributed by atoms with van der Waals surface area (Å²) < 4.78 is 54.7. The monoisotopic (exact) mass is 613 g/mol. The van der Waals surface area contributed by atoms with Crippen LogP contribution in [0.1, 0.15) is 47.8 Å². The average Bonchev–Trinajstić information content (AvgIpc) is 3.40. The number of ether oxygens (including phenoxy) is 1. The van der Waals surface area contributed by atoms with Crippen LogP contribution in [0, 0.1) is 0 Å². The fourth-order valence-corrected chi connectivity index (χ4v) is 7.90. The van der Waals surface area contributed by atoms with Gasteiger partial charge >= 0.3 is 0 Å². The summed E-state index contributed by atoms with van der Waals surface area (Å²) in [6.07, 6.45) is -0.0657. The number of aromatic nitrogens is 4. The normalized spacial score (nSPS) is 27.6. The first-order chi connectivity index (χ1) is 18.0. The quantitative estimate of drug-likeness (QED) is 0.380. The van der Waals surface area contributed by atoms with Gasteiger partial charge in [0, 0.05) is 7.05 Å². The Labute approximate surface area is 238 Å². The maximum atomic E-state index is 12.9. The zero-order valence-corrected chi connectivity index (χ0v) is 28.1. The van der Waals surface area contributed by atoms with Crippen LogP contribution in [-0.4, -0.2) is 68.6 Å². The van der Waals surface area contributed by atoms with Crippen LogP contribution in [0.15, 0.2) is 28.6 Å². The summed E-state index contributed by atoms with van der Waals surface area (Å²) in [6.45, 7) is 20.9. The highest BCUT2D eigenvalue weighted by atomic mass is 32.2. The van der Waals surface area contributed by atoms with Gasteiger partial charge in [0.1, 0.15) is 12.2 Å². The van der Waals surface area contributed by atoms with Crippen molar-refractivity contribution >= 4 is 37.9 Å². The molecule has 15 heteroatoms. The highest BCUT2D eigenvalue weighted by Crippen LogP contribution is 2.52. The summed E-state index contributed by atoms with van der Waals surface area (Å²) in [4.78, 5) is 21.6. The van der Waals surface area contributed by atoms with Crippen molar-refractivity contribution in [3.05, 3.63) is 34.1 Å². The zero-order valence-electron chi connectivity index (χ0n) is 25.3. The van der Waals surface area contributed by atoms with Crippen molar-refractivity contribution in [3.8, 4) is 0 Å². The molecule has 0 amide bonds. The minimum Gasteiger partial charge on any atom is -0.414 e. The van der Waals surface area contributed by atoms with E-state index in [1.165, 1.54) is 17.2 Å². The summed E-state index contributed by atoms with van der Waals surface area (Å²) in [6, 6.07) is 0. The maximum Gasteiger partial charge on any atom is 0.292 e. The van der Waals surface area contributed by atoms with Gasteiger partial charge in [-0.1, -0.05) is 41.5 Å². The Hall–Kier alpha value is -1.89. The molecule has 4 atom stereocenters. The Morgan fingerprint density at radius 1 is 1.05 bits per heavy atom. The van der Waals surface area contributed by atoms with Crippen LogP contribution in [0.5, 0.6) is 0 Å². The van der Waals surface area contributed by atoms with Gasteiger partial charge in [0.15, 0.2) is 39.6 Å². The topological polar surface area (TPSA) is 150 Å². The molecule has 40 heavy (non-hydrogen) atoms. The van der Waals surface area contributed by atoms with Gasteiger partial charge in [-0.25, -0.2) is 14.2 Å². The van der Waals surface area contributed by atoms with Crippen molar-refractivity contribution in [2.75, 3.05) is 6.61 Å². The van der Waals surface area contributed by atoms with Gasteiger partial charge in [0.25, 0.3) is 15.7 Å². The van der Waals surface area contributed by atoms with E-state index >= 15 is 0 Å². The third-order valence-electron chi connectivity index (χ3n) is 8.99. The fraction of sp³-hybridized carbons (Fsp3) is 0.720. The van der Waals surface area contributed by atoms with E-state index in [1.54, 1.807) is 11.6 Å². The third-order valence-corrected chi connectivity index (χ3v) is 19.0. The Kier molecular flexibility index (Phi) is 7.43. The third kappa shape index (κ3) is 5.03. The average molecular weight is 614 g/mol. The van der Waals surface area contributed by atoms with Gasteiger partial charge in [0.05, 0.1) is 30.4 Å². The largest absolute Gasteiger partial charge is 0.414 e. The van der Waals surface area contributed by atoms with E-state index in [0.29, 0.717) is 0 Å². The van der Waals surface area contributed by atoms with Crippen LogP contribution in [0.4, 0.5) is 0 Å². The molecule has 0 saturated carbocycles. The Balaban J connectivity index is 1.91. The van der Waals surface area contributed by atoms with Crippen molar-refractivity contribution in [1.29, 1.82) is 0 Å². The molecular weight excluding hydrogens is 571 g/mol. The number of fused-ring (bicyclic) bond motifs is 1. The van der Waals surface area contributed by atoms with Gasteiger partial charge < -0.3 is 23.9 Å². The smallest absolute Gasteiger partial charge is 0.292 e. The van der Waals surface area contributed by atoms with Gasteiger partial charge in [-0.05, 0) is 36.3 Å². The molecule has 4 heterocycles. The SMILES string of the molecule is Cn1cnc2c(ncn2[C@@H]2OC(CO[Si](C)(C)C(C)(C)C)C3(OS(=O)(=O)C=C3N)[C@H]2O[Si](C)(C)C(C)(C)C)c1=O. The number of rotatable bonds is 6. The maximum absolute atomic E-state index is 12.9. The molecular formula is C25H43N5O7SSi2. The lowest BCUT2D eigenvalue weighted by molar-refractivity contribution is -0.0535. The van der Waals surface area contributed by atoms with E-state index in [-0.39, 0.29) is 39.1 Å². The molecule has 224 valence electrons. The van der Waals surface area contributed by atoms with Gasteiger partial charge in [-0.3, -0.25) is 9.36 Å². The summed E-state index contributed by atoms with van der Waals surface area (Å²) in [7, 11) is -7.44. The number of nitrogens with zero attached hydrogens (tertiary/aromatic N) is 4. The highest BCUT2D eigenvalue weighted by molar-refractivity contribution is 7.90. The molecule has 2 unspecified atom stereocenters. The molecule has 0 aliphatic carbocycles. The number of imidazole rings is 1. The first-order valence-electron chi connectivity index (χ1n) is 13.3. The van der Waals surface area contributed by atoms with Crippen LogP contribution < -0.4 is 11.3 Å². The van der Waals surface area contributed by atoms with E-state index in [9.17, 15) is 13.2 Å². The molecule has 2 N–H and O–H groups in total. The van der Waals surface area contributed by atoms with Crippen LogP contribution in [0.3, 0.4) is 0 Å². The molecule has 1 spiro atoms. The van der Waals surface area contributed by atoms with E-state index in [1.807, 2.05) is 0 Å². The van der Waals surface area contributed by atoms with Crippen molar-refractivity contribution < 1.29 is 26.2 Å². The minimum atomic E-state index is -4.14.